The van der Waals surface area contributed by atoms with Gasteiger partial charge in [-0.2, -0.15) is 0 Å². The molecule has 0 aliphatic heterocycles. The van der Waals surface area contributed by atoms with Crippen molar-refractivity contribution in [3.8, 4) is 5.75 Å². The zero-order valence-electron chi connectivity index (χ0n) is 10.3. The van der Waals surface area contributed by atoms with E-state index in [9.17, 15) is 0 Å². The van der Waals surface area contributed by atoms with E-state index < -0.39 is 0 Å². The molecule has 1 aliphatic rings. The molecular formula is C13H19ClN2O. The van der Waals surface area contributed by atoms with E-state index in [0.29, 0.717) is 6.04 Å². The molecule has 1 atom stereocenters. The van der Waals surface area contributed by atoms with Gasteiger partial charge in [0.05, 0.1) is 7.11 Å². The second-order valence-electron chi connectivity index (χ2n) is 4.41. The molecule has 1 unspecified atom stereocenters. The number of rotatable bonds is 6. The molecule has 94 valence electrons. The first kappa shape index (κ1) is 12.7. The van der Waals surface area contributed by atoms with Crippen molar-refractivity contribution in [1.29, 1.82) is 0 Å². The Morgan fingerprint density at radius 1 is 1.47 bits per heavy atom. The molecule has 0 bridgehead atoms. The SMILES string of the molecule is CNC(CNC1CC1)c1cc(Cl)ccc1OC. The van der Waals surface area contributed by atoms with Crippen molar-refractivity contribution in [2.75, 3.05) is 20.7 Å². The van der Waals surface area contributed by atoms with Crippen molar-refractivity contribution in [3.05, 3.63) is 28.8 Å². The third kappa shape index (κ3) is 3.35. The first-order chi connectivity index (χ1) is 8.24. The van der Waals surface area contributed by atoms with Crippen LogP contribution in [-0.2, 0) is 0 Å². The molecule has 1 saturated carbocycles. The van der Waals surface area contributed by atoms with Gasteiger partial charge in [-0.05, 0) is 38.1 Å². The van der Waals surface area contributed by atoms with Gasteiger partial charge < -0.3 is 15.4 Å². The highest BCUT2D eigenvalue weighted by Gasteiger charge is 2.23. The minimum absolute atomic E-state index is 0.226. The van der Waals surface area contributed by atoms with E-state index in [-0.39, 0.29) is 6.04 Å². The van der Waals surface area contributed by atoms with Crippen LogP contribution < -0.4 is 15.4 Å². The predicted octanol–water partition coefficient (Wildman–Crippen LogP) is 2.36. The number of ether oxygens (including phenoxy) is 1. The summed E-state index contributed by atoms with van der Waals surface area (Å²) in [6, 6.07) is 6.67. The standard InChI is InChI=1S/C13H19ClN2O/c1-15-12(8-16-10-4-5-10)11-7-9(14)3-6-13(11)17-2/h3,6-7,10,12,15-16H,4-5,8H2,1-2H3. The normalized spacial score (nSPS) is 16.9. The van der Waals surface area contributed by atoms with Crippen molar-refractivity contribution in [3.63, 3.8) is 0 Å². The fraction of sp³-hybridized carbons (Fsp3) is 0.538. The summed E-state index contributed by atoms with van der Waals surface area (Å²) < 4.78 is 5.38. The van der Waals surface area contributed by atoms with Gasteiger partial charge in [-0.1, -0.05) is 11.6 Å². The fourth-order valence-corrected chi connectivity index (χ4v) is 2.10. The van der Waals surface area contributed by atoms with Crippen molar-refractivity contribution >= 4 is 11.6 Å². The van der Waals surface area contributed by atoms with Crippen molar-refractivity contribution < 1.29 is 4.74 Å². The third-order valence-corrected chi connectivity index (χ3v) is 3.34. The lowest BCUT2D eigenvalue weighted by molar-refractivity contribution is 0.398. The maximum atomic E-state index is 6.05. The molecule has 1 fully saturated rings. The molecule has 1 aromatic carbocycles. The lowest BCUT2D eigenvalue weighted by Crippen LogP contribution is -2.31. The number of methoxy groups -OCH3 is 1. The van der Waals surface area contributed by atoms with E-state index in [4.69, 9.17) is 16.3 Å². The molecule has 0 radical (unpaired) electrons. The molecular weight excluding hydrogens is 236 g/mol. The first-order valence-electron chi connectivity index (χ1n) is 5.98. The minimum atomic E-state index is 0.226. The van der Waals surface area contributed by atoms with Gasteiger partial charge in [0.1, 0.15) is 5.75 Å². The van der Waals surface area contributed by atoms with E-state index in [1.807, 2.05) is 25.2 Å². The van der Waals surface area contributed by atoms with Crippen molar-refractivity contribution in [2.45, 2.75) is 24.9 Å². The van der Waals surface area contributed by atoms with E-state index in [1.165, 1.54) is 12.8 Å². The van der Waals surface area contributed by atoms with Crippen LogP contribution in [0, 0.1) is 0 Å². The zero-order valence-corrected chi connectivity index (χ0v) is 11.1. The van der Waals surface area contributed by atoms with Crippen LogP contribution in [0.15, 0.2) is 18.2 Å². The summed E-state index contributed by atoms with van der Waals surface area (Å²) in [4.78, 5) is 0. The summed E-state index contributed by atoms with van der Waals surface area (Å²) in [5.41, 5.74) is 1.11. The molecule has 2 N–H and O–H groups in total. The predicted molar refractivity (Wildman–Crippen MR) is 70.8 cm³/mol. The van der Waals surface area contributed by atoms with Gasteiger partial charge in [0, 0.05) is 29.2 Å². The van der Waals surface area contributed by atoms with Gasteiger partial charge in [-0.15, -0.1) is 0 Å². The smallest absolute Gasteiger partial charge is 0.123 e. The lowest BCUT2D eigenvalue weighted by atomic mass is 10.1. The Kier molecular flexibility index (Phi) is 4.26. The molecule has 0 saturated heterocycles. The second kappa shape index (κ2) is 5.71. The Bertz CT molecular complexity index is 380. The molecule has 0 heterocycles. The molecule has 4 heteroatoms. The van der Waals surface area contributed by atoms with E-state index in [1.54, 1.807) is 7.11 Å². The summed E-state index contributed by atoms with van der Waals surface area (Å²) in [6.45, 7) is 0.901. The van der Waals surface area contributed by atoms with Gasteiger partial charge >= 0.3 is 0 Å². The van der Waals surface area contributed by atoms with Gasteiger partial charge in [-0.3, -0.25) is 0 Å². The Labute approximate surface area is 107 Å². The maximum absolute atomic E-state index is 6.05. The van der Waals surface area contributed by atoms with Crippen LogP contribution >= 0.6 is 11.6 Å². The average molecular weight is 255 g/mol. The average Bonchev–Trinajstić information content (AvgIpc) is 3.14. The summed E-state index contributed by atoms with van der Waals surface area (Å²) >= 11 is 6.05. The highest BCUT2D eigenvalue weighted by atomic mass is 35.5. The second-order valence-corrected chi connectivity index (χ2v) is 4.85. The third-order valence-electron chi connectivity index (χ3n) is 3.10. The number of hydrogen-bond acceptors (Lipinski definition) is 3. The zero-order chi connectivity index (χ0) is 12.3. The summed E-state index contributed by atoms with van der Waals surface area (Å²) in [5.74, 6) is 0.881. The topological polar surface area (TPSA) is 33.3 Å². The maximum Gasteiger partial charge on any atom is 0.123 e. The van der Waals surface area contributed by atoms with Crippen LogP contribution in [-0.4, -0.2) is 26.7 Å². The highest BCUT2D eigenvalue weighted by Crippen LogP contribution is 2.28. The Morgan fingerprint density at radius 2 is 2.24 bits per heavy atom. The van der Waals surface area contributed by atoms with Crippen LogP contribution in [0.1, 0.15) is 24.4 Å². The number of halogens is 1. The van der Waals surface area contributed by atoms with Gasteiger partial charge in [0.15, 0.2) is 0 Å². The molecule has 0 aromatic heterocycles. The molecule has 1 aromatic rings. The lowest BCUT2D eigenvalue weighted by Gasteiger charge is -2.20. The number of likely N-dealkylation sites (N-methyl/N-ethyl adjacent to an activating group) is 1. The van der Waals surface area contributed by atoms with Crippen LogP contribution in [0.3, 0.4) is 0 Å². The summed E-state index contributed by atoms with van der Waals surface area (Å²) in [7, 11) is 3.65. The van der Waals surface area contributed by atoms with Crippen molar-refractivity contribution in [2.24, 2.45) is 0 Å². The monoisotopic (exact) mass is 254 g/mol. The molecule has 0 spiro atoms. The van der Waals surface area contributed by atoms with E-state index >= 15 is 0 Å². The fourth-order valence-electron chi connectivity index (χ4n) is 1.92. The molecule has 2 rings (SSSR count). The molecule has 3 nitrogen and oxygen atoms in total. The molecule has 17 heavy (non-hydrogen) atoms. The van der Waals surface area contributed by atoms with Crippen LogP contribution in [0.2, 0.25) is 5.02 Å². The van der Waals surface area contributed by atoms with E-state index in [0.717, 1.165) is 22.9 Å². The van der Waals surface area contributed by atoms with Crippen LogP contribution in [0.5, 0.6) is 5.75 Å². The Morgan fingerprint density at radius 3 is 2.82 bits per heavy atom. The summed E-state index contributed by atoms with van der Waals surface area (Å²) in [5, 5.41) is 7.56. The Hall–Kier alpha value is -0.770. The van der Waals surface area contributed by atoms with Gasteiger partial charge in [-0.25, -0.2) is 0 Å². The quantitative estimate of drug-likeness (QED) is 0.818. The number of nitrogens with one attached hydrogen (secondary N) is 2. The van der Waals surface area contributed by atoms with E-state index in [2.05, 4.69) is 10.6 Å². The van der Waals surface area contributed by atoms with Crippen molar-refractivity contribution in [1.82, 2.24) is 10.6 Å². The van der Waals surface area contributed by atoms with Crippen LogP contribution in [0.25, 0.3) is 0 Å². The van der Waals surface area contributed by atoms with Gasteiger partial charge in [0.25, 0.3) is 0 Å². The Balaban J connectivity index is 2.12. The minimum Gasteiger partial charge on any atom is -0.496 e. The molecule has 1 aliphatic carbocycles. The number of hydrogen-bond donors (Lipinski definition) is 2. The largest absolute Gasteiger partial charge is 0.496 e. The van der Waals surface area contributed by atoms with Gasteiger partial charge in [0.2, 0.25) is 0 Å². The highest BCUT2D eigenvalue weighted by molar-refractivity contribution is 6.30. The molecule has 0 amide bonds. The number of benzene rings is 1. The van der Waals surface area contributed by atoms with Crippen LogP contribution in [0.4, 0.5) is 0 Å². The summed E-state index contributed by atoms with van der Waals surface area (Å²) in [6.07, 6.45) is 2.59. The first-order valence-corrected chi connectivity index (χ1v) is 6.36.